The van der Waals surface area contributed by atoms with Crippen LogP contribution in [0.25, 0.3) is 0 Å². The van der Waals surface area contributed by atoms with E-state index in [1.165, 1.54) is 5.56 Å². The first-order valence-corrected chi connectivity index (χ1v) is 11.8. The summed E-state index contributed by atoms with van der Waals surface area (Å²) in [6.07, 6.45) is 2.60. The molecule has 4 nitrogen and oxygen atoms in total. The summed E-state index contributed by atoms with van der Waals surface area (Å²) in [5, 5.41) is 7.93. The zero-order valence-corrected chi connectivity index (χ0v) is 18.9. The lowest BCUT2D eigenvalue weighted by molar-refractivity contribution is -0.117. The van der Waals surface area contributed by atoms with Crippen LogP contribution in [-0.2, 0) is 10.5 Å². The van der Waals surface area contributed by atoms with Crippen molar-refractivity contribution in [1.82, 2.24) is 5.32 Å². The van der Waals surface area contributed by atoms with Gasteiger partial charge >= 0.3 is 0 Å². The van der Waals surface area contributed by atoms with E-state index >= 15 is 0 Å². The minimum absolute atomic E-state index is 0.207. The summed E-state index contributed by atoms with van der Waals surface area (Å²) in [5.74, 6) is 2.17. The van der Waals surface area contributed by atoms with E-state index in [1.807, 2.05) is 60.0 Å². The lowest BCUT2D eigenvalue weighted by atomic mass is 10.1. The normalized spacial score (nSPS) is 13.6. The van der Waals surface area contributed by atoms with Crippen molar-refractivity contribution >= 4 is 58.0 Å². The Morgan fingerprint density at radius 1 is 1.28 bits per heavy atom. The number of hydrogen-bond donors (Lipinski definition) is 2. The summed E-state index contributed by atoms with van der Waals surface area (Å²) in [5.41, 5.74) is 4.18. The molecule has 0 aromatic heterocycles. The molecule has 0 atom stereocenters. The van der Waals surface area contributed by atoms with E-state index in [4.69, 9.17) is 23.8 Å². The molecule has 1 aliphatic heterocycles. The van der Waals surface area contributed by atoms with Crippen LogP contribution in [0.1, 0.15) is 30.4 Å². The van der Waals surface area contributed by atoms with Gasteiger partial charge in [0.15, 0.2) is 5.11 Å². The van der Waals surface area contributed by atoms with Gasteiger partial charge in [0.05, 0.1) is 0 Å². The van der Waals surface area contributed by atoms with Crippen molar-refractivity contribution in [1.29, 1.82) is 0 Å². The molecule has 1 saturated heterocycles. The molecule has 3 rings (SSSR count). The highest BCUT2D eigenvalue weighted by Crippen LogP contribution is 2.27. The molecule has 2 aromatic carbocycles. The van der Waals surface area contributed by atoms with Crippen molar-refractivity contribution in [2.75, 3.05) is 29.1 Å². The molecule has 0 spiro atoms. The Hall–Kier alpha value is -1.76. The van der Waals surface area contributed by atoms with Crippen LogP contribution in [0.3, 0.4) is 0 Å². The van der Waals surface area contributed by atoms with E-state index in [9.17, 15) is 4.79 Å². The fourth-order valence-corrected chi connectivity index (χ4v) is 4.75. The number of amides is 1. The third-order valence-electron chi connectivity index (χ3n) is 4.79. The van der Waals surface area contributed by atoms with Gasteiger partial charge in [0, 0.05) is 41.7 Å². The average Bonchev–Trinajstić information content (AvgIpc) is 3.11. The highest BCUT2D eigenvalue weighted by Gasteiger charge is 2.22. The number of nitrogens with one attached hydrogen (secondary N) is 2. The van der Waals surface area contributed by atoms with Gasteiger partial charge in [-0.3, -0.25) is 4.79 Å². The Morgan fingerprint density at radius 3 is 2.83 bits per heavy atom. The maximum absolute atomic E-state index is 12.0. The van der Waals surface area contributed by atoms with E-state index in [-0.39, 0.29) is 5.91 Å². The van der Waals surface area contributed by atoms with Crippen LogP contribution in [0.15, 0.2) is 42.5 Å². The van der Waals surface area contributed by atoms with Gasteiger partial charge in [-0.2, -0.15) is 11.8 Å². The van der Waals surface area contributed by atoms with Crippen LogP contribution in [0.2, 0.25) is 5.02 Å². The molecule has 1 aliphatic rings. The first-order chi connectivity index (χ1) is 14.0. The SMILES string of the molecule is Cc1cc(NC(=S)NCCCSCc2ccccc2Cl)ccc1N1CCCC1=O. The van der Waals surface area contributed by atoms with Crippen molar-refractivity contribution in [2.24, 2.45) is 0 Å². The summed E-state index contributed by atoms with van der Waals surface area (Å²) < 4.78 is 0. The first kappa shape index (κ1) is 21.9. The smallest absolute Gasteiger partial charge is 0.227 e. The van der Waals surface area contributed by atoms with Gasteiger partial charge in [0.25, 0.3) is 0 Å². The van der Waals surface area contributed by atoms with Crippen LogP contribution in [-0.4, -0.2) is 29.9 Å². The Balaban J connectivity index is 1.37. The number of thioether (sulfide) groups is 1. The van der Waals surface area contributed by atoms with Gasteiger partial charge in [-0.15, -0.1) is 0 Å². The number of thiocarbonyl (C=S) groups is 1. The maximum atomic E-state index is 12.0. The highest BCUT2D eigenvalue weighted by atomic mass is 35.5. The molecule has 0 saturated carbocycles. The van der Waals surface area contributed by atoms with Gasteiger partial charge in [0.1, 0.15) is 0 Å². The topological polar surface area (TPSA) is 44.4 Å². The van der Waals surface area contributed by atoms with Crippen LogP contribution < -0.4 is 15.5 Å². The average molecular weight is 448 g/mol. The summed E-state index contributed by atoms with van der Waals surface area (Å²) in [6, 6.07) is 14.0. The summed E-state index contributed by atoms with van der Waals surface area (Å²) >= 11 is 13.4. The number of hydrogen-bond acceptors (Lipinski definition) is 3. The van der Waals surface area contributed by atoms with Crippen LogP contribution in [0.4, 0.5) is 11.4 Å². The van der Waals surface area contributed by atoms with Crippen LogP contribution in [0, 0.1) is 6.92 Å². The monoisotopic (exact) mass is 447 g/mol. The Labute approximate surface area is 187 Å². The molecular formula is C22H26ClN3OS2. The van der Waals surface area contributed by atoms with Crippen molar-refractivity contribution < 1.29 is 4.79 Å². The first-order valence-electron chi connectivity index (χ1n) is 9.81. The summed E-state index contributed by atoms with van der Waals surface area (Å²) in [4.78, 5) is 13.8. The van der Waals surface area contributed by atoms with Crippen LogP contribution >= 0.6 is 35.6 Å². The number of rotatable bonds is 8. The molecule has 0 radical (unpaired) electrons. The molecule has 29 heavy (non-hydrogen) atoms. The standard InChI is InChI=1S/C22H26ClN3OS2/c1-16-14-18(9-10-20(16)26-12-4-8-21(26)27)25-22(28)24-11-5-13-29-15-17-6-2-3-7-19(17)23/h2-3,6-7,9-10,14H,4-5,8,11-13,15H2,1H3,(H2,24,25,28). The molecule has 1 amide bonds. The van der Waals surface area contributed by atoms with Gasteiger partial charge in [0.2, 0.25) is 5.91 Å². The van der Waals surface area contributed by atoms with E-state index in [0.29, 0.717) is 11.5 Å². The zero-order chi connectivity index (χ0) is 20.6. The molecule has 7 heteroatoms. The van der Waals surface area contributed by atoms with Crippen molar-refractivity contribution in [3.05, 3.63) is 58.6 Å². The largest absolute Gasteiger partial charge is 0.362 e. The van der Waals surface area contributed by atoms with Gasteiger partial charge < -0.3 is 15.5 Å². The molecule has 0 bridgehead atoms. The Morgan fingerprint density at radius 2 is 2.10 bits per heavy atom. The molecule has 2 aromatic rings. The molecule has 2 N–H and O–H groups in total. The lowest BCUT2D eigenvalue weighted by Gasteiger charge is -2.19. The molecule has 1 fully saturated rings. The lowest BCUT2D eigenvalue weighted by Crippen LogP contribution is -2.29. The number of anilines is 2. The van der Waals surface area contributed by atoms with Crippen molar-refractivity contribution in [3.63, 3.8) is 0 Å². The third kappa shape index (κ3) is 6.36. The zero-order valence-electron chi connectivity index (χ0n) is 16.5. The second kappa shape index (κ2) is 10.9. The van der Waals surface area contributed by atoms with Gasteiger partial charge in [-0.25, -0.2) is 0 Å². The van der Waals surface area contributed by atoms with Crippen LogP contribution in [0.5, 0.6) is 0 Å². The molecule has 154 valence electrons. The predicted octanol–water partition coefficient (Wildman–Crippen LogP) is 5.39. The fourth-order valence-electron chi connectivity index (χ4n) is 3.29. The minimum atomic E-state index is 0.207. The number of aryl methyl sites for hydroxylation is 1. The molecule has 0 aliphatic carbocycles. The van der Waals surface area contributed by atoms with Crippen molar-refractivity contribution in [2.45, 2.75) is 31.9 Å². The van der Waals surface area contributed by atoms with Gasteiger partial charge in [-0.05, 0) is 73.1 Å². The maximum Gasteiger partial charge on any atom is 0.227 e. The Bertz CT molecular complexity index is 875. The van der Waals surface area contributed by atoms with E-state index in [0.717, 1.165) is 59.4 Å². The van der Waals surface area contributed by atoms with E-state index < -0.39 is 0 Å². The molecule has 0 unspecified atom stereocenters. The van der Waals surface area contributed by atoms with Gasteiger partial charge in [-0.1, -0.05) is 29.8 Å². The Kier molecular flexibility index (Phi) is 8.21. The van der Waals surface area contributed by atoms with Crippen molar-refractivity contribution in [3.8, 4) is 0 Å². The summed E-state index contributed by atoms with van der Waals surface area (Å²) in [7, 11) is 0. The number of carbonyl (C=O) groups excluding carboxylic acids is 1. The van der Waals surface area contributed by atoms with E-state index in [2.05, 4.69) is 16.7 Å². The fraction of sp³-hybridized carbons (Fsp3) is 0.364. The second-order valence-electron chi connectivity index (χ2n) is 7.03. The molecule has 1 heterocycles. The minimum Gasteiger partial charge on any atom is -0.362 e. The summed E-state index contributed by atoms with van der Waals surface area (Å²) in [6.45, 7) is 3.65. The quantitative estimate of drug-likeness (QED) is 0.419. The number of nitrogens with zero attached hydrogens (tertiary/aromatic N) is 1. The predicted molar refractivity (Wildman–Crippen MR) is 129 cm³/mol. The second-order valence-corrected chi connectivity index (χ2v) is 8.95. The molecular weight excluding hydrogens is 422 g/mol. The number of carbonyl (C=O) groups is 1. The van der Waals surface area contributed by atoms with E-state index in [1.54, 1.807) is 0 Å². The third-order valence-corrected chi connectivity index (χ3v) is 6.49. The number of halogens is 1. The highest BCUT2D eigenvalue weighted by molar-refractivity contribution is 7.98. The number of benzene rings is 2.